The SMILES string of the molecule is N#Cc1ccc(CNC(=O)C2=CCCc3cc(N)ccc32)cc1. The number of hydrogen-bond donors (Lipinski definition) is 2. The number of rotatable bonds is 3. The number of anilines is 1. The molecule has 4 nitrogen and oxygen atoms in total. The molecule has 23 heavy (non-hydrogen) atoms. The number of nitrogens with one attached hydrogen (secondary N) is 1. The average Bonchev–Trinajstić information content (AvgIpc) is 2.59. The van der Waals surface area contributed by atoms with E-state index in [1.165, 1.54) is 0 Å². The molecule has 3 N–H and O–H groups in total. The maximum Gasteiger partial charge on any atom is 0.251 e. The molecule has 0 radical (unpaired) electrons. The van der Waals surface area contributed by atoms with Gasteiger partial charge in [-0.25, -0.2) is 0 Å². The summed E-state index contributed by atoms with van der Waals surface area (Å²) in [5, 5.41) is 11.7. The van der Waals surface area contributed by atoms with E-state index in [0.717, 1.165) is 35.2 Å². The quantitative estimate of drug-likeness (QED) is 0.856. The number of hydrogen-bond acceptors (Lipinski definition) is 3. The maximum absolute atomic E-state index is 12.5. The predicted octanol–water partition coefficient (Wildman–Crippen LogP) is 2.79. The summed E-state index contributed by atoms with van der Waals surface area (Å²) in [6, 6.07) is 15.0. The summed E-state index contributed by atoms with van der Waals surface area (Å²) < 4.78 is 0. The van der Waals surface area contributed by atoms with Gasteiger partial charge in [-0.15, -0.1) is 0 Å². The van der Waals surface area contributed by atoms with Crippen molar-refractivity contribution >= 4 is 17.2 Å². The number of nitriles is 1. The van der Waals surface area contributed by atoms with Gasteiger partial charge in [-0.1, -0.05) is 24.3 Å². The molecule has 2 aromatic carbocycles. The van der Waals surface area contributed by atoms with Gasteiger partial charge in [0, 0.05) is 17.8 Å². The Kier molecular flexibility index (Phi) is 4.11. The Hall–Kier alpha value is -3.06. The highest BCUT2D eigenvalue weighted by atomic mass is 16.1. The van der Waals surface area contributed by atoms with E-state index >= 15 is 0 Å². The van der Waals surface area contributed by atoms with E-state index in [9.17, 15) is 4.79 Å². The molecule has 114 valence electrons. The highest BCUT2D eigenvalue weighted by Crippen LogP contribution is 2.28. The van der Waals surface area contributed by atoms with Gasteiger partial charge in [0.25, 0.3) is 5.91 Å². The molecule has 0 unspecified atom stereocenters. The zero-order valence-corrected chi connectivity index (χ0v) is 12.7. The molecular weight excluding hydrogens is 286 g/mol. The number of nitrogens with two attached hydrogens (primary N) is 1. The van der Waals surface area contributed by atoms with Crippen molar-refractivity contribution in [3.63, 3.8) is 0 Å². The molecule has 0 saturated heterocycles. The molecule has 1 aliphatic carbocycles. The summed E-state index contributed by atoms with van der Waals surface area (Å²) in [6.45, 7) is 0.437. The van der Waals surface area contributed by atoms with Gasteiger partial charge in [0.15, 0.2) is 0 Å². The van der Waals surface area contributed by atoms with Crippen molar-refractivity contribution in [1.82, 2.24) is 5.32 Å². The van der Waals surface area contributed by atoms with Crippen LogP contribution in [0.2, 0.25) is 0 Å². The van der Waals surface area contributed by atoms with Crippen molar-refractivity contribution in [2.75, 3.05) is 5.73 Å². The number of allylic oxidation sites excluding steroid dienone is 1. The largest absolute Gasteiger partial charge is 0.399 e. The molecule has 2 aromatic rings. The molecule has 1 aliphatic rings. The minimum absolute atomic E-state index is 0.0833. The summed E-state index contributed by atoms with van der Waals surface area (Å²) in [7, 11) is 0. The minimum atomic E-state index is -0.0833. The summed E-state index contributed by atoms with van der Waals surface area (Å²) in [4.78, 5) is 12.5. The summed E-state index contributed by atoms with van der Waals surface area (Å²) in [5.74, 6) is -0.0833. The van der Waals surface area contributed by atoms with Crippen molar-refractivity contribution in [2.45, 2.75) is 19.4 Å². The van der Waals surface area contributed by atoms with E-state index in [0.29, 0.717) is 17.7 Å². The van der Waals surface area contributed by atoms with Gasteiger partial charge in [0.05, 0.1) is 11.6 Å². The normalized spacial score (nSPS) is 12.7. The number of nitrogens with zero attached hydrogens (tertiary/aromatic N) is 1. The van der Waals surface area contributed by atoms with Crippen molar-refractivity contribution in [2.24, 2.45) is 0 Å². The first-order valence-corrected chi connectivity index (χ1v) is 7.53. The van der Waals surface area contributed by atoms with Crippen LogP contribution in [-0.4, -0.2) is 5.91 Å². The lowest BCUT2D eigenvalue weighted by atomic mass is 9.90. The van der Waals surface area contributed by atoms with Crippen LogP contribution in [0.15, 0.2) is 48.5 Å². The number of nitrogen functional groups attached to an aromatic ring is 1. The number of aryl methyl sites for hydroxylation is 1. The van der Waals surface area contributed by atoms with Crippen molar-refractivity contribution in [1.29, 1.82) is 5.26 Å². The molecule has 0 spiro atoms. The van der Waals surface area contributed by atoms with Gasteiger partial charge in [-0.3, -0.25) is 4.79 Å². The van der Waals surface area contributed by atoms with Crippen molar-refractivity contribution in [3.8, 4) is 6.07 Å². The third-order valence-corrected chi connectivity index (χ3v) is 3.96. The van der Waals surface area contributed by atoms with E-state index in [2.05, 4.69) is 11.4 Å². The van der Waals surface area contributed by atoms with Gasteiger partial charge < -0.3 is 11.1 Å². The third kappa shape index (κ3) is 3.24. The first-order chi connectivity index (χ1) is 11.2. The van der Waals surface area contributed by atoms with Crippen LogP contribution in [0.25, 0.3) is 5.57 Å². The standard InChI is InChI=1S/C19H17N3O/c20-11-13-4-6-14(7-5-13)12-22-19(23)18-3-1-2-15-10-16(21)8-9-17(15)18/h3-10H,1-2,12,21H2,(H,22,23). The van der Waals surface area contributed by atoms with Gasteiger partial charge in [-0.2, -0.15) is 5.26 Å². The van der Waals surface area contributed by atoms with Crippen LogP contribution < -0.4 is 11.1 Å². The molecule has 0 bridgehead atoms. The van der Waals surface area contributed by atoms with Crippen LogP contribution in [0.3, 0.4) is 0 Å². The molecule has 0 atom stereocenters. The van der Waals surface area contributed by atoms with E-state index in [4.69, 9.17) is 11.0 Å². The number of amides is 1. The van der Waals surface area contributed by atoms with E-state index in [1.807, 2.05) is 36.4 Å². The van der Waals surface area contributed by atoms with Crippen LogP contribution in [0.1, 0.15) is 28.7 Å². The number of benzene rings is 2. The molecule has 0 saturated carbocycles. The van der Waals surface area contributed by atoms with Crippen LogP contribution in [0, 0.1) is 11.3 Å². The molecule has 1 amide bonds. The Balaban J connectivity index is 1.71. The smallest absolute Gasteiger partial charge is 0.251 e. The Morgan fingerprint density at radius 2 is 2.00 bits per heavy atom. The topological polar surface area (TPSA) is 78.9 Å². The Bertz CT molecular complexity index is 813. The Morgan fingerprint density at radius 3 is 2.74 bits per heavy atom. The number of fused-ring (bicyclic) bond motifs is 1. The molecule has 0 heterocycles. The second kappa shape index (κ2) is 6.37. The van der Waals surface area contributed by atoms with Gasteiger partial charge in [0.2, 0.25) is 0 Å². The molecule has 4 heteroatoms. The van der Waals surface area contributed by atoms with Gasteiger partial charge in [0.1, 0.15) is 0 Å². The minimum Gasteiger partial charge on any atom is -0.399 e. The lowest BCUT2D eigenvalue weighted by molar-refractivity contribution is -0.115. The van der Waals surface area contributed by atoms with Crippen LogP contribution in [0.5, 0.6) is 0 Å². The molecule has 0 fully saturated rings. The van der Waals surface area contributed by atoms with Gasteiger partial charge >= 0.3 is 0 Å². The fraction of sp³-hybridized carbons (Fsp3) is 0.158. The van der Waals surface area contributed by atoms with E-state index in [1.54, 1.807) is 12.1 Å². The second-order valence-electron chi connectivity index (χ2n) is 5.56. The molecule has 0 aromatic heterocycles. The monoisotopic (exact) mass is 303 g/mol. The Labute approximate surface area is 135 Å². The highest BCUT2D eigenvalue weighted by Gasteiger charge is 2.18. The summed E-state index contributed by atoms with van der Waals surface area (Å²) >= 11 is 0. The molecular formula is C19H17N3O. The van der Waals surface area contributed by atoms with E-state index in [-0.39, 0.29) is 5.91 Å². The van der Waals surface area contributed by atoms with Gasteiger partial charge in [-0.05, 0) is 53.8 Å². The zero-order chi connectivity index (χ0) is 16.2. The lowest BCUT2D eigenvalue weighted by Crippen LogP contribution is -2.25. The average molecular weight is 303 g/mol. The molecule has 3 rings (SSSR count). The molecule has 0 aliphatic heterocycles. The number of carbonyl (C=O) groups is 1. The first-order valence-electron chi connectivity index (χ1n) is 7.53. The maximum atomic E-state index is 12.5. The fourth-order valence-electron chi connectivity index (χ4n) is 2.75. The third-order valence-electron chi connectivity index (χ3n) is 3.96. The summed E-state index contributed by atoms with van der Waals surface area (Å²) in [6.07, 6.45) is 3.73. The highest BCUT2D eigenvalue weighted by molar-refractivity contribution is 6.20. The van der Waals surface area contributed by atoms with Crippen molar-refractivity contribution < 1.29 is 4.79 Å². The fourth-order valence-corrected chi connectivity index (χ4v) is 2.75. The van der Waals surface area contributed by atoms with Crippen molar-refractivity contribution in [3.05, 3.63) is 70.8 Å². The van der Waals surface area contributed by atoms with Crippen LogP contribution in [0.4, 0.5) is 5.69 Å². The van der Waals surface area contributed by atoms with E-state index < -0.39 is 0 Å². The lowest BCUT2D eigenvalue weighted by Gasteiger charge is -2.18. The van der Waals surface area contributed by atoms with Crippen LogP contribution >= 0.6 is 0 Å². The number of carbonyl (C=O) groups excluding carboxylic acids is 1. The first kappa shape index (κ1) is 14.9. The second-order valence-corrected chi connectivity index (χ2v) is 5.56. The summed E-state index contributed by atoms with van der Waals surface area (Å²) in [5.41, 5.74) is 10.9. The van der Waals surface area contributed by atoms with Crippen LogP contribution in [-0.2, 0) is 17.8 Å². The Morgan fingerprint density at radius 1 is 1.22 bits per heavy atom. The predicted molar refractivity (Wildman–Crippen MR) is 90.2 cm³/mol. The zero-order valence-electron chi connectivity index (χ0n) is 12.7.